The highest BCUT2D eigenvalue weighted by Crippen LogP contribution is 2.38. The normalized spacial score (nSPS) is 29.7. The molecule has 0 aromatic carbocycles. The summed E-state index contributed by atoms with van der Waals surface area (Å²) in [5, 5.41) is 19.6. The number of phosphoric acid groups is 1. The number of anilines is 1. The second kappa shape index (κ2) is 5.81. The summed E-state index contributed by atoms with van der Waals surface area (Å²) in [7, 11) is -4.74. The van der Waals surface area contributed by atoms with Crippen molar-refractivity contribution in [3.63, 3.8) is 0 Å². The van der Waals surface area contributed by atoms with Gasteiger partial charge in [0.2, 0.25) is 0 Å². The van der Waals surface area contributed by atoms with E-state index in [0.29, 0.717) is 0 Å². The number of nitrogens with two attached hydrogens (primary N) is 1. The molecule has 0 bridgehead atoms. The predicted molar refractivity (Wildman–Crippen MR) is 66.8 cm³/mol. The molecule has 1 unspecified atom stereocenters. The van der Waals surface area contributed by atoms with Gasteiger partial charge in [-0.25, -0.2) is 9.36 Å². The monoisotopic (exact) mass is 335 g/mol. The number of nitrogen functional groups attached to an aromatic ring is 1. The minimum absolute atomic E-state index is 0.0225. The largest absolute Gasteiger partial charge is 0.469 e. The molecule has 118 valence electrons. The molecule has 0 radical (unpaired) electrons. The van der Waals surface area contributed by atoms with Gasteiger partial charge >= 0.3 is 13.5 Å². The molecule has 1 fully saturated rings. The van der Waals surface area contributed by atoms with E-state index < -0.39 is 44.7 Å². The third-order valence-electron chi connectivity index (χ3n) is 2.87. The summed E-state index contributed by atoms with van der Waals surface area (Å²) in [6, 6.07) is 1.29. The molecule has 0 spiro atoms. The fourth-order valence-electron chi connectivity index (χ4n) is 1.89. The van der Waals surface area contributed by atoms with Crippen molar-refractivity contribution >= 4 is 13.6 Å². The SMILES string of the molecule is [15NH2][13c]1[13cH][13cH][15n]([13C@@H]2O[13C@H]([13CH2]OP(=O)(O)O)[13C@H](O)[13CH]2O)[13c](=O)[15n]1. The zero-order valence-electron chi connectivity index (χ0n) is 10.5. The fraction of sp³-hybridized carbons (Fsp3) is 0.556. The summed E-state index contributed by atoms with van der Waals surface area (Å²) >= 11 is 0. The third kappa shape index (κ3) is 3.66. The van der Waals surface area contributed by atoms with Gasteiger partial charge < -0.3 is 30.5 Å². The standard InChI is InChI=1S/C9H14N3O8P/c10-5-1-2-12(9(15)11-5)8-7(14)6(13)4(20-8)3-19-21(16,17)18/h1-2,4,6-8,13-14H,3H2,(H2,10,11,15)(H2,16,17,18)/t4-,6+,7?,8-/m1/s1/i1+1,2+1,3+1,4+1,5+1,6+1,7+1,8+1,9+1,10+1,11+1,12+1. The maximum Gasteiger partial charge on any atom is 0.469 e. The Bertz CT molecular complexity index is 615. The number of nitrogens with zero attached hydrogens (tertiary/aromatic N) is 2. The van der Waals surface area contributed by atoms with Crippen LogP contribution in [0.3, 0.4) is 0 Å². The molecule has 2 heterocycles. The van der Waals surface area contributed by atoms with Crippen LogP contribution in [0.25, 0.3) is 0 Å². The smallest absolute Gasteiger partial charge is 0.387 e. The van der Waals surface area contributed by atoms with Crippen molar-refractivity contribution < 1.29 is 33.8 Å². The van der Waals surface area contributed by atoms with Crippen LogP contribution in [0.1, 0.15) is 6.23 Å². The molecule has 1 aromatic heterocycles. The Morgan fingerprint density at radius 3 is 2.67 bits per heavy atom. The van der Waals surface area contributed by atoms with Gasteiger partial charge in [0.15, 0.2) is 6.23 Å². The van der Waals surface area contributed by atoms with Gasteiger partial charge in [0.25, 0.3) is 0 Å². The predicted octanol–water partition coefficient (Wildman–Crippen LogP) is -2.45. The summed E-state index contributed by atoms with van der Waals surface area (Å²) in [6.45, 7) is -0.657. The molecule has 1 aromatic rings. The van der Waals surface area contributed by atoms with Crippen molar-refractivity contribution in [1.29, 1.82) is 0 Å². The van der Waals surface area contributed by atoms with E-state index in [1.165, 1.54) is 12.3 Å². The second-order valence-electron chi connectivity index (χ2n) is 4.37. The number of hydrogen-bond donors (Lipinski definition) is 5. The van der Waals surface area contributed by atoms with E-state index in [0.717, 1.165) is 4.57 Å². The molecule has 12 heteroatoms. The summed E-state index contributed by atoms with van der Waals surface area (Å²) in [5.41, 5.74) is 4.52. The first-order chi connectivity index (χ1) is 9.69. The van der Waals surface area contributed by atoms with Gasteiger partial charge in [0, 0.05) is 6.20 Å². The van der Waals surface area contributed by atoms with E-state index in [1.54, 1.807) is 0 Å². The van der Waals surface area contributed by atoms with Crippen LogP contribution >= 0.6 is 7.82 Å². The van der Waals surface area contributed by atoms with Crippen LogP contribution in [-0.2, 0) is 13.8 Å². The zero-order valence-corrected chi connectivity index (χ0v) is 11.4. The van der Waals surface area contributed by atoms with Crippen molar-refractivity contribution in [2.24, 2.45) is 0 Å². The van der Waals surface area contributed by atoms with Crippen molar-refractivity contribution in [1.82, 2.24) is 9.55 Å². The lowest BCUT2D eigenvalue weighted by Gasteiger charge is -2.16. The summed E-state index contributed by atoms with van der Waals surface area (Å²) in [4.78, 5) is 32.3. The van der Waals surface area contributed by atoms with E-state index in [2.05, 4.69) is 9.51 Å². The number of aromatic nitrogens is 2. The first kappa shape index (κ1) is 16.0. The molecule has 1 aliphatic heterocycles. The van der Waals surface area contributed by atoms with Gasteiger partial charge in [-0.15, -0.1) is 0 Å². The van der Waals surface area contributed by atoms with Crippen molar-refractivity contribution in [3.05, 3.63) is 22.7 Å². The molecular weight excluding hydrogens is 321 g/mol. The van der Waals surface area contributed by atoms with E-state index in [-0.39, 0.29) is 5.82 Å². The van der Waals surface area contributed by atoms with E-state index in [4.69, 9.17) is 20.3 Å². The molecule has 0 saturated carbocycles. The second-order valence-corrected chi connectivity index (χ2v) is 5.61. The lowest BCUT2D eigenvalue weighted by Crippen LogP contribution is -2.36. The molecule has 21 heavy (non-hydrogen) atoms. The lowest BCUT2D eigenvalue weighted by molar-refractivity contribution is -0.0542. The van der Waals surface area contributed by atoms with E-state index in [9.17, 15) is 19.6 Å². The Morgan fingerprint density at radius 1 is 1.43 bits per heavy atom. The van der Waals surface area contributed by atoms with Gasteiger partial charge in [0.1, 0.15) is 24.1 Å². The van der Waals surface area contributed by atoms with Gasteiger partial charge in [-0.1, -0.05) is 0 Å². The summed E-state index contributed by atoms with van der Waals surface area (Å²) in [5.74, 6) is -0.0225. The Balaban J connectivity index is 2.16. The third-order valence-corrected chi connectivity index (χ3v) is 3.36. The minimum Gasteiger partial charge on any atom is -0.387 e. The Kier molecular flexibility index (Phi) is 4.44. The highest BCUT2D eigenvalue weighted by Gasteiger charge is 2.44. The van der Waals surface area contributed by atoms with E-state index in [1.807, 2.05) is 0 Å². The topological polar surface area (TPSA) is 177 Å². The highest BCUT2D eigenvalue weighted by atomic mass is 31.2. The number of aliphatic hydroxyl groups excluding tert-OH is 2. The van der Waals surface area contributed by atoms with E-state index >= 15 is 0 Å². The molecular formula is C9H14N3O8P. The van der Waals surface area contributed by atoms with Crippen LogP contribution < -0.4 is 11.4 Å². The van der Waals surface area contributed by atoms with Gasteiger partial charge in [-0.3, -0.25) is 9.09 Å². The van der Waals surface area contributed by atoms with Crippen molar-refractivity contribution in [3.8, 4) is 0 Å². The average Bonchev–Trinajstić information content (AvgIpc) is 2.64. The number of hydrogen-bond acceptors (Lipinski definition) is 8. The maximum atomic E-state index is 11.6. The first-order valence-corrected chi connectivity index (χ1v) is 7.28. The van der Waals surface area contributed by atoms with Crippen molar-refractivity contribution in [2.75, 3.05) is 12.3 Å². The molecule has 11 nitrogen and oxygen atoms in total. The molecule has 0 amide bonds. The maximum absolute atomic E-state index is 11.6. The van der Waals surface area contributed by atoms with Gasteiger partial charge in [-0.2, -0.15) is 4.98 Å². The van der Waals surface area contributed by atoms with Crippen LogP contribution in [0.15, 0.2) is 17.1 Å². The van der Waals surface area contributed by atoms with Gasteiger partial charge in [-0.05, 0) is 6.07 Å². The number of phosphoric ester groups is 1. The Morgan fingerprint density at radius 2 is 2.10 bits per heavy atom. The Labute approximate surface area is 117 Å². The molecule has 4 atom stereocenters. The molecule has 6 N–H and O–H groups in total. The Hall–Kier alpha value is -1.33. The fourth-order valence-corrected chi connectivity index (χ4v) is 2.23. The summed E-state index contributed by atoms with van der Waals surface area (Å²) < 4.78 is 20.9. The van der Waals surface area contributed by atoms with Crippen LogP contribution in [0.4, 0.5) is 5.82 Å². The average molecular weight is 335 g/mol. The number of ether oxygens (including phenoxy) is 1. The molecule has 1 aliphatic rings. The number of aliphatic hydroxyl groups is 2. The minimum atomic E-state index is -4.74. The highest BCUT2D eigenvalue weighted by molar-refractivity contribution is 7.46. The lowest BCUT2D eigenvalue weighted by atomic mass is 11.1. The van der Waals surface area contributed by atoms with Gasteiger partial charge in [0.05, 0.1) is 6.61 Å². The van der Waals surface area contributed by atoms with Crippen LogP contribution in [-0.4, -0.2) is 54.5 Å². The summed E-state index contributed by atoms with van der Waals surface area (Å²) in [6.07, 6.45) is -4.27. The number of rotatable bonds is 4. The van der Waals surface area contributed by atoms with Crippen LogP contribution in [0, 0.1) is 0 Å². The zero-order chi connectivity index (χ0) is 15.8. The molecule has 1 saturated heterocycles. The first-order valence-electron chi connectivity index (χ1n) is 5.75. The van der Waals surface area contributed by atoms with Crippen LogP contribution in [0.2, 0.25) is 0 Å². The van der Waals surface area contributed by atoms with Crippen LogP contribution in [0.5, 0.6) is 0 Å². The molecule has 0 aliphatic carbocycles. The van der Waals surface area contributed by atoms with Crippen molar-refractivity contribution in [2.45, 2.75) is 24.5 Å². The molecule has 2 rings (SSSR count). The quantitative estimate of drug-likeness (QED) is 0.225.